The van der Waals surface area contributed by atoms with E-state index in [0.717, 1.165) is 11.1 Å². The molecule has 1 aromatic carbocycles. The molecule has 0 spiro atoms. The molecule has 18 heavy (non-hydrogen) atoms. The SMILES string of the molecule is NC(c1ccccc1)c1nnc(-c2ccoc2)o1. The standard InChI is InChI=1S/C13H11N3O2/c14-11(9-4-2-1-3-5-9)13-16-15-12(18-13)10-6-7-17-8-10/h1-8,11H,14H2. The monoisotopic (exact) mass is 241 g/mol. The first-order valence-corrected chi connectivity index (χ1v) is 5.51. The third-order valence-corrected chi connectivity index (χ3v) is 2.63. The van der Waals surface area contributed by atoms with E-state index in [1.54, 1.807) is 18.6 Å². The number of hydrogen-bond acceptors (Lipinski definition) is 5. The fourth-order valence-electron chi connectivity index (χ4n) is 1.67. The Morgan fingerprint density at radius 1 is 1.06 bits per heavy atom. The highest BCUT2D eigenvalue weighted by Crippen LogP contribution is 2.23. The zero-order chi connectivity index (χ0) is 12.4. The molecule has 0 fully saturated rings. The van der Waals surface area contributed by atoms with Gasteiger partial charge < -0.3 is 14.6 Å². The lowest BCUT2D eigenvalue weighted by atomic mass is 10.1. The number of nitrogens with zero attached hydrogens (tertiary/aromatic N) is 2. The Kier molecular flexibility index (Phi) is 2.66. The van der Waals surface area contributed by atoms with Gasteiger partial charge in [0, 0.05) is 0 Å². The molecule has 0 aliphatic heterocycles. The van der Waals surface area contributed by atoms with Crippen LogP contribution in [0.15, 0.2) is 57.8 Å². The van der Waals surface area contributed by atoms with Crippen LogP contribution in [0.2, 0.25) is 0 Å². The van der Waals surface area contributed by atoms with Crippen molar-refractivity contribution in [3.63, 3.8) is 0 Å². The Labute approximate surface area is 103 Å². The highest BCUT2D eigenvalue weighted by Gasteiger charge is 2.17. The van der Waals surface area contributed by atoms with E-state index in [-0.39, 0.29) is 0 Å². The average Bonchev–Trinajstić information content (AvgIpc) is 3.09. The van der Waals surface area contributed by atoms with E-state index in [0.29, 0.717) is 11.8 Å². The first-order chi connectivity index (χ1) is 8.84. The van der Waals surface area contributed by atoms with Crippen LogP contribution in [-0.4, -0.2) is 10.2 Å². The van der Waals surface area contributed by atoms with Gasteiger partial charge in [0.25, 0.3) is 5.89 Å². The smallest absolute Gasteiger partial charge is 0.251 e. The average molecular weight is 241 g/mol. The Morgan fingerprint density at radius 3 is 2.61 bits per heavy atom. The van der Waals surface area contributed by atoms with Gasteiger partial charge in [-0.1, -0.05) is 30.3 Å². The summed E-state index contributed by atoms with van der Waals surface area (Å²) in [7, 11) is 0. The predicted molar refractivity (Wildman–Crippen MR) is 64.5 cm³/mol. The van der Waals surface area contributed by atoms with E-state index in [4.69, 9.17) is 14.6 Å². The summed E-state index contributed by atoms with van der Waals surface area (Å²) >= 11 is 0. The van der Waals surface area contributed by atoms with E-state index < -0.39 is 6.04 Å². The molecule has 0 radical (unpaired) electrons. The topological polar surface area (TPSA) is 78.1 Å². The molecule has 90 valence electrons. The summed E-state index contributed by atoms with van der Waals surface area (Å²) in [6, 6.07) is 11.0. The molecule has 2 aromatic heterocycles. The minimum Gasteiger partial charge on any atom is -0.472 e. The molecule has 2 N–H and O–H groups in total. The Hall–Kier alpha value is -2.40. The zero-order valence-electron chi connectivity index (χ0n) is 9.48. The van der Waals surface area contributed by atoms with Gasteiger partial charge in [-0.15, -0.1) is 10.2 Å². The van der Waals surface area contributed by atoms with Crippen LogP contribution >= 0.6 is 0 Å². The van der Waals surface area contributed by atoms with Crippen LogP contribution in [0.25, 0.3) is 11.5 Å². The molecule has 5 nitrogen and oxygen atoms in total. The molecule has 0 aliphatic carbocycles. The van der Waals surface area contributed by atoms with E-state index in [2.05, 4.69) is 10.2 Å². The number of rotatable bonds is 3. The van der Waals surface area contributed by atoms with Gasteiger partial charge in [-0.05, 0) is 11.6 Å². The zero-order valence-corrected chi connectivity index (χ0v) is 9.48. The Bertz CT molecular complexity index is 617. The number of nitrogens with two attached hydrogens (primary N) is 1. The van der Waals surface area contributed by atoms with Crippen molar-refractivity contribution >= 4 is 0 Å². The second-order valence-corrected chi connectivity index (χ2v) is 3.85. The largest absolute Gasteiger partial charge is 0.472 e. The van der Waals surface area contributed by atoms with Gasteiger partial charge in [-0.3, -0.25) is 0 Å². The lowest BCUT2D eigenvalue weighted by Crippen LogP contribution is -2.11. The highest BCUT2D eigenvalue weighted by atomic mass is 16.4. The van der Waals surface area contributed by atoms with Crippen LogP contribution in [0.3, 0.4) is 0 Å². The second kappa shape index (κ2) is 4.46. The van der Waals surface area contributed by atoms with Crippen LogP contribution in [0, 0.1) is 0 Å². The minimum absolute atomic E-state index is 0.386. The van der Waals surface area contributed by atoms with Crippen molar-refractivity contribution in [3.8, 4) is 11.5 Å². The predicted octanol–water partition coefficient (Wildman–Crippen LogP) is 2.38. The summed E-state index contributed by atoms with van der Waals surface area (Å²) in [5.74, 6) is 0.794. The molecular weight excluding hydrogens is 230 g/mol. The van der Waals surface area contributed by atoms with Crippen molar-refractivity contribution < 1.29 is 8.83 Å². The quantitative estimate of drug-likeness (QED) is 0.761. The molecule has 0 saturated heterocycles. The number of aromatic nitrogens is 2. The van der Waals surface area contributed by atoms with Crippen LogP contribution in [0.4, 0.5) is 0 Å². The van der Waals surface area contributed by atoms with E-state index in [1.807, 2.05) is 30.3 Å². The molecular formula is C13H11N3O2. The number of hydrogen-bond donors (Lipinski definition) is 1. The van der Waals surface area contributed by atoms with Gasteiger partial charge in [0.1, 0.15) is 12.3 Å². The third-order valence-electron chi connectivity index (χ3n) is 2.63. The van der Waals surface area contributed by atoms with Gasteiger partial charge in [-0.25, -0.2) is 0 Å². The molecule has 3 rings (SSSR count). The Balaban J connectivity index is 1.90. The third kappa shape index (κ3) is 1.91. The fourth-order valence-corrected chi connectivity index (χ4v) is 1.67. The normalized spacial score (nSPS) is 12.5. The van der Waals surface area contributed by atoms with E-state index >= 15 is 0 Å². The Morgan fingerprint density at radius 2 is 1.89 bits per heavy atom. The van der Waals surface area contributed by atoms with Crippen LogP contribution in [-0.2, 0) is 0 Å². The molecule has 3 aromatic rings. The molecule has 0 amide bonds. The fraction of sp³-hybridized carbons (Fsp3) is 0.0769. The maximum absolute atomic E-state index is 6.06. The minimum atomic E-state index is -0.417. The summed E-state index contributed by atoms with van der Waals surface area (Å²) in [6.07, 6.45) is 3.10. The van der Waals surface area contributed by atoms with Crippen molar-refractivity contribution in [2.45, 2.75) is 6.04 Å². The van der Waals surface area contributed by atoms with Gasteiger partial charge in [0.05, 0.1) is 11.8 Å². The first kappa shape index (κ1) is 10.7. The number of benzene rings is 1. The van der Waals surface area contributed by atoms with E-state index in [9.17, 15) is 0 Å². The second-order valence-electron chi connectivity index (χ2n) is 3.85. The van der Waals surface area contributed by atoms with Crippen molar-refractivity contribution in [2.75, 3.05) is 0 Å². The summed E-state index contributed by atoms with van der Waals surface area (Å²) in [5.41, 5.74) is 7.74. The summed E-state index contributed by atoms with van der Waals surface area (Å²) in [5, 5.41) is 7.91. The van der Waals surface area contributed by atoms with Crippen LogP contribution in [0.1, 0.15) is 17.5 Å². The van der Waals surface area contributed by atoms with Gasteiger partial charge in [-0.2, -0.15) is 0 Å². The lowest BCUT2D eigenvalue weighted by molar-refractivity contribution is 0.483. The molecule has 5 heteroatoms. The molecule has 2 heterocycles. The van der Waals surface area contributed by atoms with Crippen molar-refractivity contribution in [2.24, 2.45) is 5.73 Å². The van der Waals surface area contributed by atoms with Crippen molar-refractivity contribution in [3.05, 3.63) is 60.4 Å². The molecule has 1 atom stereocenters. The van der Waals surface area contributed by atoms with Crippen molar-refractivity contribution in [1.82, 2.24) is 10.2 Å². The molecule has 0 aliphatic rings. The van der Waals surface area contributed by atoms with Gasteiger partial charge >= 0.3 is 0 Å². The van der Waals surface area contributed by atoms with Gasteiger partial charge in [0.15, 0.2) is 0 Å². The maximum Gasteiger partial charge on any atom is 0.251 e. The molecule has 1 unspecified atom stereocenters. The van der Waals surface area contributed by atoms with Crippen molar-refractivity contribution in [1.29, 1.82) is 0 Å². The number of furan rings is 1. The summed E-state index contributed by atoms with van der Waals surface area (Å²) in [4.78, 5) is 0. The van der Waals surface area contributed by atoms with E-state index in [1.165, 1.54) is 0 Å². The maximum atomic E-state index is 6.06. The highest BCUT2D eigenvalue weighted by molar-refractivity contribution is 5.49. The lowest BCUT2D eigenvalue weighted by Gasteiger charge is -2.05. The van der Waals surface area contributed by atoms with Crippen LogP contribution in [0.5, 0.6) is 0 Å². The first-order valence-electron chi connectivity index (χ1n) is 5.51. The summed E-state index contributed by atoms with van der Waals surface area (Å²) < 4.78 is 10.5. The van der Waals surface area contributed by atoms with Gasteiger partial charge in [0.2, 0.25) is 5.89 Å². The molecule has 0 saturated carbocycles. The molecule has 0 bridgehead atoms. The van der Waals surface area contributed by atoms with Crippen LogP contribution < -0.4 is 5.73 Å². The summed E-state index contributed by atoms with van der Waals surface area (Å²) in [6.45, 7) is 0.